The van der Waals surface area contributed by atoms with E-state index in [0.717, 1.165) is 6.07 Å². The Morgan fingerprint density at radius 2 is 1.80 bits per heavy atom. The van der Waals surface area contributed by atoms with Gasteiger partial charge >= 0.3 is 0 Å². The zero-order chi connectivity index (χ0) is 15.1. The van der Waals surface area contributed by atoms with Crippen molar-refractivity contribution < 1.29 is 18.3 Å². The molecule has 5 heteroatoms. The second kappa shape index (κ2) is 5.13. The number of carbonyl (C=O) groups is 1. The Hall–Kier alpha value is -1.49. The fraction of sp³-hybridized carbons (Fsp3) is 0.533. The first-order chi connectivity index (χ1) is 9.22. The first-order valence-electron chi connectivity index (χ1n) is 6.65. The molecule has 1 aromatic rings. The molecule has 0 bridgehead atoms. The van der Waals surface area contributed by atoms with E-state index in [1.165, 1.54) is 12.1 Å². The minimum atomic E-state index is -0.910. The van der Waals surface area contributed by atoms with Gasteiger partial charge in [-0.1, -0.05) is 0 Å². The predicted octanol–water partition coefficient (Wildman–Crippen LogP) is 3.05. The van der Waals surface area contributed by atoms with Crippen molar-refractivity contribution in [2.45, 2.75) is 45.4 Å². The van der Waals surface area contributed by atoms with E-state index in [4.69, 9.17) is 4.74 Å². The molecule has 0 unspecified atom stereocenters. The predicted molar refractivity (Wildman–Crippen MR) is 71.1 cm³/mol. The second-order valence-corrected chi connectivity index (χ2v) is 5.85. The van der Waals surface area contributed by atoms with Gasteiger partial charge in [-0.3, -0.25) is 4.79 Å². The molecule has 1 aromatic carbocycles. The van der Waals surface area contributed by atoms with Crippen molar-refractivity contribution in [1.82, 2.24) is 4.90 Å². The number of hydrogen-bond acceptors (Lipinski definition) is 2. The molecule has 1 aliphatic rings. The first kappa shape index (κ1) is 14.9. The van der Waals surface area contributed by atoms with E-state index < -0.39 is 23.3 Å². The summed E-state index contributed by atoms with van der Waals surface area (Å²) in [5, 5.41) is 0. The molecule has 1 atom stereocenters. The molecule has 3 nitrogen and oxygen atoms in total. The van der Waals surface area contributed by atoms with Crippen LogP contribution >= 0.6 is 0 Å². The number of carbonyl (C=O) groups excluding carboxylic acids is 1. The number of hydrogen-bond donors (Lipinski definition) is 0. The van der Waals surface area contributed by atoms with Crippen molar-refractivity contribution in [2.24, 2.45) is 0 Å². The maximum atomic E-state index is 13.4. The molecule has 1 saturated heterocycles. The lowest BCUT2D eigenvalue weighted by molar-refractivity contribution is -0.177. The van der Waals surface area contributed by atoms with Crippen LogP contribution in [0, 0.1) is 11.6 Å². The number of morpholine rings is 1. The van der Waals surface area contributed by atoms with Crippen LogP contribution in [0.3, 0.4) is 0 Å². The summed E-state index contributed by atoms with van der Waals surface area (Å²) in [7, 11) is 0. The third-order valence-electron chi connectivity index (χ3n) is 3.51. The molecule has 1 fully saturated rings. The molecule has 0 aromatic heterocycles. The molecule has 1 amide bonds. The summed E-state index contributed by atoms with van der Waals surface area (Å²) in [5.41, 5.74) is -0.493. The van der Waals surface area contributed by atoms with Crippen molar-refractivity contribution in [3.63, 3.8) is 0 Å². The Balaban J connectivity index is 2.42. The minimum absolute atomic E-state index is 0.0815. The molecule has 1 heterocycles. The fourth-order valence-corrected chi connectivity index (χ4v) is 2.50. The standard InChI is InChI=1S/C15H19F2NO2/c1-9(2)18-13(8-20-15(3,4)14(18)19)10-5-11(16)7-12(17)6-10/h5-7,9,13H,8H2,1-4H3/t13-/m0/s1. The summed E-state index contributed by atoms with van der Waals surface area (Å²) in [6.07, 6.45) is 0. The quantitative estimate of drug-likeness (QED) is 0.835. The summed E-state index contributed by atoms with van der Waals surface area (Å²) in [6, 6.07) is 2.76. The number of ether oxygens (including phenoxy) is 1. The number of rotatable bonds is 2. The van der Waals surface area contributed by atoms with E-state index in [1.807, 2.05) is 13.8 Å². The van der Waals surface area contributed by atoms with Gasteiger partial charge in [-0.05, 0) is 45.4 Å². The SMILES string of the molecule is CC(C)N1C(=O)C(C)(C)OC[C@H]1c1cc(F)cc(F)c1. The highest BCUT2D eigenvalue weighted by molar-refractivity contribution is 5.85. The summed E-state index contributed by atoms with van der Waals surface area (Å²) in [6.45, 7) is 7.38. The summed E-state index contributed by atoms with van der Waals surface area (Å²) in [4.78, 5) is 14.1. The van der Waals surface area contributed by atoms with E-state index in [2.05, 4.69) is 0 Å². The van der Waals surface area contributed by atoms with Gasteiger partial charge in [0.1, 0.15) is 17.2 Å². The van der Waals surface area contributed by atoms with Gasteiger partial charge in [0.15, 0.2) is 0 Å². The average molecular weight is 283 g/mol. The molecule has 2 rings (SSSR count). The van der Waals surface area contributed by atoms with Crippen LogP contribution in [0.1, 0.15) is 39.3 Å². The van der Waals surface area contributed by atoms with Gasteiger partial charge < -0.3 is 9.64 Å². The molecule has 110 valence electrons. The van der Waals surface area contributed by atoms with Crippen molar-refractivity contribution in [1.29, 1.82) is 0 Å². The zero-order valence-corrected chi connectivity index (χ0v) is 12.1. The Morgan fingerprint density at radius 3 is 2.30 bits per heavy atom. The Bertz CT molecular complexity index is 508. The Kier molecular flexibility index (Phi) is 3.82. The highest BCUT2D eigenvalue weighted by Crippen LogP contribution is 2.33. The van der Waals surface area contributed by atoms with Gasteiger partial charge in [-0.15, -0.1) is 0 Å². The largest absolute Gasteiger partial charge is 0.363 e. The zero-order valence-electron chi connectivity index (χ0n) is 12.1. The molecule has 0 N–H and O–H groups in total. The van der Waals surface area contributed by atoms with Crippen LogP contribution in [0.15, 0.2) is 18.2 Å². The van der Waals surface area contributed by atoms with Gasteiger partial charge in [-0.25, -0.2) is 8.78 Å². The third-order valence-corrected chi connectivity index (χ3v) is 3.51. The Labute approximate surface area is 117 Å². The summed E-state index contributed by atoms with van der Waals surface area (Å²) < 4.78 is 32.3. The normalized spacial score (nSPS) is 22.4. The lowest BCUT2D eigenvalue weighted by Gasteiger charge is -2.45. The smallest absolute Gasteiger partial charge is 0.255 e. The van der Waals surface area contributed by atoms with Crippen LogP contribution in [0.2, 0.25) is 0 Å². The van der Waals surface area contributed by atoms with Gasteiger partial charge in [0.05, 0.1) is 12.6 Å². The number of halogens is 2. The van der Waals surface area contributed by atoms with Crippen LogP contribution in [0.25, 0.3) is 0 Å². The number of amides is 1. The van der Waals surface area contributed by atoms with Crippen molar-refractivity contribution >= 4 is 5.91 Å². The highest BCUT2D eigenvalue weighted by Gasteiger charge is 2.43. The number of nitrogens with zero attached hydrogens (tertiary/aromatic N) is 1. The van der Waals surface area contributed by atoms with E-state index in [-0.39, 0.29) is 18.6 Å². The molecule has 20 heavy (non-hydrogen) atoms. The minimum Gasteiger partial charge on any atom is -0.363 e. The van der Waals surface area contributed by atoms with Gasteiger partial charge in [0.25, 0.3) is 5.91 Å². The molecule has 0 aliphatic carbocycles. The lowest BCUT2D eigenvalue weighted by Crippen LogP contribution is -2.56. The highest BCUT2D eigenvalue weighted by atomic mass is 19.1. The van der Waals surface area contributed by atoms with Crippen molar-refractivity contribution in [3.05, 3.63) is 35.4 Å². The van der Waals surface area contributed by atoms with Crippen molar-refractivity contribution in [2.75, 3.05) is 6.61 Å². The van der Waals surface area contributed by atoms with E-state index in [0.29, 0.717) is 5.56 Å². The molecule has 0 saturated carbocycles. The van der Waals surface area contributed by atoms with E-state index in [1.54, 1.807) is 18.7 Å². The maximum absolute atomic E-state index is 13.4. The Morgan fingerprint density at radius 1 is 1.25 bits per heavy atom. The van der Waals surface area contributed by atoms with Crippen LogP contribution in [0.4, 0.5) is 8.78 Å². The van der Waals surface area contributed by atoms with Gasteiger partial charge in [0.2, 0.25) is 0 Å². The maximum Gasteiger partial charge on any atom is 0.255 e. The van der Waals surface area contributed by atoms with E-state index in [9.17, 15) is 13.6 Å². The summed E-state index contributed by atoms with van der Waals surface area (Å²) in [5.74, 6) is -1.48. The molecule has 1 aliphatic heterocycles. The lowest BCUT2D eigenvalue weighted by atomic mass is 9.96. The average Bonchev–Trinajstić information content (AvgIpc) is 2.30. The first-order valence-corrected chi connectivity index (χ1v) is 6.65. The van der Waals surface area contributed by atoms with E-state index >= 15 is 0 Å². The third kappa shape index (κ3) is 2.68. The molecule has 0 radical (unpaired) electrons. The molecular weight excluding hydrogens is 264 g/mol. The molecule has 0 spiro atoms. The van der Waals surface area contributed by atoms with Crippen LogP contribution in [-0.2, 0) is 9.53 Å². The topological polar surface area (TPSA) is 29.5 Å². The van der Waals surface area contributed by atoms with Crippen LogP contribution in [-0.4, -0.2) is 29.1 Å². The summed E-state index contributed by atoms with van der Waals surface area (Å²) >= 11 is 0. The fourth-order valence-electron chi connectivity index (χ4n) is 2.50. The van der Waals surface area contributed by atoms with Crippen LogP contribution < -0.4 is 0 Å². The van der Waals surface area contributed by atoms with Gasteiger partial charge in [-0.2, -0.15) is 0 Å². The second-order valence-electron chi connectivity index (χ2n) is 5.85. The van der Waals surface area contributed by atoms with Crippen molar-refractivity contribution in [3.8, 4) is 0 Å². The number of benzene rings is 1. The molecular formula is C15H19F2NO2. The van der Waals surface area contributed by atoms with Crippen LogP contribution in [0.5, 0.6) is 0 Å². The van der Waals surface area contributed by atoms with Gasteiger partial charge in [0, 0.05) is 12.1 Å². The monoisotopic (exact) mass is 283 g/mol.